The van der Waals surface area contributed by atoms with Gasteiger partial charge >= 0.3 is 12.4 Å². The molecule has 0 saturated carbocycles. The summed E-state index contributed by atoms with van der Waals surface area (Å²) in [6.07, 6.45) is -9.74. The number of alkyl halides is 7. The van der Waals surface area contributed by atoms with Gasteiger partial charge in [-0.3, -0.25) is 4.79 Å². The number of amides is 1. The molecule has 0 bridgehead atoms. The highest BCUT2D eigenvalue weighted by atomic mass is 35.5. The third kappa shape index (κ3) is 6.85. The average molecular weight is 537 g/mol. The Morgan fingerprint density at radius 1 is 1.11 bits per heavy atom. The SMILES string of the molecule is CC(OCC1(C)CC[C@H](NC(=O)CCl)CN1c1ccccc1)c1cc(C(F)(F)F)cc(C(F)(F)F)c1. The number of rotatable bonds is 7. The molecule has 3 atom stereocenters. The second kappa shape index (κ2) is 10.9. The molecular formula is C25H27ClF6N2O2. The summed E-state index contributed by atoms with van der Waals surface area (Å²) in [6.45, 7) is 3.82. The zero-order valence-electron chi connectivity index (χ0n) is 19.7. The summed E-state index contributed by atoms with van der Waals surface area (Å²) >= 11 is 5.62. The average Bonchev–Trinajstić information content (AvgIpc) is 2.83. The van der Waals surface area contributed by atoms with Crippen LogP contribution in [0, 0.1) is 0 Å². The second-order valence-electron chi connectivity index (χ2n) is 9.17. The van der Waals surface area contributed by atoms with Gasteiger partial charge in [0.25, 0.3) is 0 Å². The number of carbonyl (C=O) groups is 1. The van der Waals surface area contributed by atoms with E-state index in [9.17, 15) is 31.1 Å². The van der Waals surface area contributed by atoms with Crippen molar-refractivity contribution in [3.05, 3.63) is 65.2 Å². The first-order chi connectivity index (χ1) is 16.7. The zero-order valence-corrected chi connectivity index (χ0v) is 20.5. The maximum atomic E-state index is 13.3. The lowest BCUT2D eigenvalue weighted by Gasteiger charge is -2.49. The molecule has 1 aliphatic heterocycles. The first-order valence-electron chi connectivity index (χ1n) is 11.3. The highest BCUT2D eigenvalue weighted by molar-refractivity contribution is 6.27. The van der Waals surface area contributed by atoms with Gasteiger partial charge in [-0.15, -0.1) is 11.6 Å². The molecule has 0 aliphatic carbocycles. The number of hydrogen-bond acceptors (Lipinski definition) is 3. The highest BCUT2D eigenvalue weighted by Gasteiger charge is 2.40. The minimum absolute atomic E-state index is 0.0385. The molecule has 1 N–H and O–H groups in total. The molecular weight excluding hydrogens is 510 g/mol. The molecule has 4 nitrogen and oxygen atoms in total. The van der Waals surface area contributed by atoms with Gasteiger partial charge in [-0.1, -0.05) is 18.2 Å². The molecule has 1 fully saturated rings. The predicted octanol–water partition coefficient (Wildman–Crippen LogP) is 6.58. The molecule has 3 rings (SSSR count). The maximum absolute atomic E-state index is 13.3. The lowest BCUT2D eigenvalue weighted by molar-refractivity contribution is -0.143. The molecule has 0 radical (unpaired) electrons. The monoisotopic (exact) mass is 536 g/mol. The summed E-state index contributed by atoms with van der Waals surface area (Å²) in [5, 5.41) is 2.87. The van der Waals surface area contributed by atoms with Crippen LogP contribution in [-0.2, 0) is 21.9 Å². The van der Waals surface area contributed by atoms with Crippen molar-refractivity contribution in [3.63, 3.8) is 0 Å². The first-order valence-corrected chi connectivity index (χ1v) is 11.9. The third-order valence-electron chi connectivity index (χ3n) is 6.36. The Labute approximate surface area is 210 Å². The van der Waals surface area contributed by atoms with Gasteiger partial charge in [-0.25, -0.2) is 0 Å². The molecule has 0 aromatic heterocycles. The van der Waals surface area contributed by atoms with Crippen LogP contribution in [0.2, 0.25) is 0 Å². The number of piperidine rings is 1. The summed E-state index contributed by atoms with van der Waals surface area (Å²) < 4.78 is 85.6. The summed E-state index contributed by atoms with van der Waals surface area (Å²) in [5.74, 6) is -0.468. The number of para-hydroxylation sites is 1. The van der Waals surface area contributed by atoms with E-state index >= 15 is 0 Å². The smallest absolute Gasteiger partial charge is 0.371 e. The van der Waals surface area contributed by atoms with Crippen molar-refractivity contribution >= 4 is 23.2 Å². The van der Waals surface area contributed by atoms with Crippen molar-refractivity contribution < 1.29 is 35.9 Å². The van der Waals surface area contributed by atoms with E-state index in [1.807, 2.05) is 42.2 Å². The molecule has 198 valence electrons. The van der Waals surface area contributed by atoms with Crippen LogP contribution < -0.4 is 10.2 Å². The summed E-state index contributed by atoms with van der Waals surface area (Å²) in [7, 11) is 0. The van der Waals surface area contributed by atoms with Crippen LogP contribution >= 0.6 is 11.6 Å². The van der Waals surface area contributed by atoms with Gasteiger partial charge in [0.1, 0.15) is 5.88 Å². The summed E-state index contributed by atoms with van der Waals surface area (Å²) in [5.41, 5.74) is -2.76. The molecule has 1 heterocycles. The lowest BCUT2D eigenvalue weighted by Crippen LogP contribution is -2.60. The van der Waals surface area contributed by atoms with E-state index < -0.39 is 35.1 Å². The zero-order chi connectivity index (χ0) is 26.7. The van der Waals surface area contributed by atoms with Crippen molar-refractivity contribution in [2.75, 3.05) is 23.9 Å². The molecule has 2 aromatic rings. The number of halogens is 7. The molecule has 36 heavy (non-hydrogen) atoms. The fourth-order valence-corrected chi connectivity index (χ4v) is 4.40. The molecule has 1 amide bonds. The quantitative estimate of drug-likeness (QED) is 0.321. The van der Waals surface area contributed by atoms with Gasteiger partial charge in [-0.05, 0) is 62.6 Å². The fraction of sp³-hybridized carbons (Fsp3) is 0.480. The number of ether oxygens (including phenoxy) is 1. The topological polar surface area (TPSA) is 41.6 Å². The number of anilines is 1. The van der Waals surface area contributed by atoms with E-state index in [4.69, 9.17) is 16.3 Å². The Balaban J connectivity index is 1.84. The van der Waals surface area contributed by atoms with Crippen LogP contribution in [0.1, 0.15) is 49.5 Å². The number of benzene rings is 2. The van der Waals surface area contributed by atoms with Gasteiger partial charge < -0.3 is 15.0 Å². The molecule has 0 spiro atoms. The number of hydrogen-bond donors (Lipinski definition) is 1. The number of nitrogens with zero attached hydrogens (tertiary/aromatic N) is 1. The second-order valence-corrected chi connectivity index (χ2v) is 9.44. The molecule has 1 aliphatic rings. The van der Waals surface area contributed by atoms with E-state index in [0.717, 1.165) is 5.69 Å². The van der Waals surface area contributed by atoms with E-state index in [2.05, 4.69) is 5.32 Å². The van der Waals surface area contributed by atoms with E-state index in [0.29, 0.717) is 31.5 Å². The van der Waals surface area contributed by atoms with Gasteiger partial charge in [0.2, 0.25) is 5.91 Å². The van der Waals surface area contributed by atoms with Crippen LogP contribution in [-0.4, -0.2) is 36.5 Å². The Hall–Kier alpha value is -2.46. The first kappa shape index (κ1) is 28.1. The highest BCUT2D eigenvalue weighted by Crippen LogP contribution is 2.39. The Morgan fingerprint density at radius 3 is 2.22 bits per heavy atom. The Kier molecular flexibility index (Phi) is 8.50. The van der Waals surface area contributed by atoms with Crippen LogP contribution in [0.5, 0.6) is 0 Å². The van der Waals surface area contributed by atoms with Crippen LogP contribution in [0.25, 0.3) is 0 Å². The minimum Gasteiger partial charge on any atom is -0.371 e. The third-order valence-corrected chi connectivity index (χ3v) is 6.61. The maximum Gasteiger partial charge on any atom is 0.416 e. The van der Waals surface area contributed by atoms with Crippen molar-refractivity contribution in [2.45, 2.75) is 56.7 Å². The normalized spacial score (nSPS) is 21.8. The van der Waals surface area contributed by atoms with Crippen molar-refractivity contribution in [1.82, 2.24) is 5.32 Å². The van der Waals surface area contributed by atoms with Gasteiger partial charge in [0.15, 0.2) is 0 Å². The van der Waals surface area contributed by atoms with Gasteiger partial charge in [0.05, 0.1) is 29.4 Å². The van der Waals surface area contributed by atoms with E-state index in [-0.39, 0.29) is 36.1 Å². The van der Waals surface area contributed by atoms with Crippen LogP contribution in [0.15, 0.2) is 48.5 Å². The van der Waals surface area contributed by atoms with Crippen LogP contribution in [0.3, 0.4) is 0 Å². The standard InChI is InChI=1S/C25H27ClF6N2O2/c1-16(17-10-18(24(27,28)29)12-19(11-17)25(30,31)32)36-15-23(2)9-8-20(33-22(35)13-26)14-34(23)21-6-4-3-5-7-21/h3-7,10-12,16,20H,8-9,13-15H2,1-2H3,(H,33,35)/t16?,20-,23?/m0/s1. The van der Waals surface area contributed by atoms with E-state index in [1.54, 1.807) is 0 Å². The lowest BCUT2D eigenvalue weighted by atomic mass is 9.86. The number of carbonyl (C=O) groups excluding carboxylic acids is 1. The molecule has 2 unspecified atom stereocenters. The Morgan fingerprint density at radius 2 is 1.69 bits per heavy atom. The fourth-order valence-electron chi connectivity index (χ4n) is 4.33. The van der Waals surface area contributed by atoms with Crippen molar-refractivity contribution in [3.8, 4) is 0 Å². The molecule has 11 heteroatoms. The largest absolute Gasteiger partial charge is 0.416 e. The Bertz CT molecular complexity index is 1010. The molecule has 1 saturated heterocycles. The summed E-state index contributed by atoms with van der Waals surface area (Å²) in [6, 6.07) is 10.6. The number of nitrogens with one attached hydrogen (secondary N) is 1. The van der Waals surface area contributed by atoms with E-state index in [1.165, 1.54) is 6.92 Å². The minimum atomic E-state index is -4.93. The molecule has 2 aromatic carbocycles. The van der Waals surface area contributed by atoms with Crippen LogP contribution in [0.4, 0.5) is 32.0 Å². The van der Waals surface area contributed by atoms with Gasteiger partial charge in [0, 0.05) is 18.3 Å². The predicted molar refractivity (Wildman–Crippen MR) is 125 cm³/mol. The van der Waals surface area contributed by atoms with Gasteiger partial charge in [-0.2, -0.15) is 26.3 Å². The van der Waals surface area contributed by atoms with Crippen molar-refractivity contribution in [1.29, 1.82) is 0 Å². The summed E-state index contributed by atoms with van der Waals surface area (Å²) in [4.78, 5) is 13.8. The van der Waals surface area contributed by atoms with Crippen molar-refractivity contribution in [2.24, 2.45) is 0 Å².